The van der Waals surface area contributed by atoms with Crippen molar-refractivity contribution in [2.24, 2.45) is 5.92 Å². The summed E-state index contributed by atoms with van der Waals surface area (Å²) < 4.78 is 24.0. The van der Waals surface area contributed by atoms with Crippen LogP contribution in [0.1, 0.15) is 23.4 Å². The first kappa shape index (κ1) is 20.1. The molecule has 0 atom stereocenters. The summed E-state index contributed by atoms with van der Waals surface area (Å²) in [6.07, 6.45) is 2.61. The normalized spacial score (nSPS) is 14.5. The Balaban J connectivity index is 1.34. The Hall–Kier alpha value is -3.20. The van der Waals surface area contributed by atoms with Crippen molar-refractivity contribution >= 4 is 28.3 Å². The zero-order chi connectivity index (χ0) is 21.1. The molecule has 0 aliphatic carbocycles. The molecule has 0 saturated carbocycles. The van der Waals surface area contributed by atoms with Gasteiger partial charge in [-0.25, -0.2) is 9.37 Å². The minimum Gasteiger partial charge on any atom is -0.494 e. The van der Waals surface area contributed by atoms with E-state index in [2.05, 4.69) is 10.3 Å². The first-order valence-corrected chi connectivity index (χ1v) is 10.4. The molecule has 1 saturated heterocycles. The number of benzene rings is 1. The third kappa shape index (κ3) is 4.20. The lowest BCUT2D eigenvalue weighted by molar-refractivity contribution is -0.121. The molecule has 4 rings (SSSR count). The van der Waals surface area contributed by atoms with Crippen LogP contribution in [0.4, 0.5) is 9.52 Å². The number of rotatable bonds is 5. The fraction of sp³-hybridized carbons (Fsp3) is 0.286. The smallest absolute Gasteiger partial charge is 0.289 e. The van der Waals surface area contributed by atoms with Gasteiger partial charge in [-0.2, -0.15) is 0 Å². The number of carbonyl (C=O) groups is 2. The van der Waals surface area contributed by atoms with Crippen molar-refractivity contribution in [1.82, 2.24) is 9.88 Å². The number of furan rings is 1. The van der Waals surface area contributed by atoms with E-state index in [0.29, 0.717) is 48.1 Å². The molecule has 0 spiro atoms. The zero-order valence-corrected chi connectivity index (χ0v) is 17.1. The Labute approximate surface area is 176 Å². The highest BCUT2D eigenvalue weighted by molar-refractivity contribution is 7.14. The molecule has 1 N–H and O–H groups in total. The lowest BCUT2D eigenvalue weighted by Gasteiger charge is -2.30. The van der Waals surface area contributed by atoms with Crippen LogP contribution in [0, 0.1) is 11.7 Å². The molecule has 30 heavy (non-hydrogen) atoms. The maximum absolute atomic E-state index is 13.9. The highest BCUT2D eigenvalue weighted by Crippen LogP contribution is 2.29. The molecule has 2 aromatic heterocycles. The number of halogens is 1. The van der Waals surface area contributed by atoms with E-state index in [1.165, 1.54) is 30.8 Å². The van der Waals surface area contributed by atoms with Crippen LogP contribution in [-0.2, 0) is 4.79 Å². The van der Waals surface area contributed by atoms with E-state index in [9.17, 15) is 14.0 Å². The van der Waals surface area contributed by atoms with Gasteiger partial charge in [0.1, 0.15) is 0 Å². The highest BCUT2D eigenvalue weighted by atomic mass is 32.1. The van der Waals surface area contributed by atoms with Crippen LogP contribution in [0.2, 0.25) is 0 Å². The number of methoxy groups -OCH3 is 1. The molecule has 9 heteroatoms. The molecule has 3 heterocycles. The van der Waals surface area contributed by atoms with Gasteiger partial charge < -0.3 is 19.4 Å². The van der Waals surface area contributed by atoms with Crippen LogP contribution < -0.4 is 10.1 Å². The van der Waals surface area contributed by atoms with Crippen molar-refractivity contribution < 1.29 is 23.1 Å². The van der Waals surface area contributed by atoms with Crippen LogP contribution in [0.25, 0.3) is 11.3 Å². The van der Waals surface area contributed by atoms with E-state index in [1.54, 1.807) is 34.5 Å². The maximum Gasteiger partial charge on any atom is 0.289 e. The van der Waals surface area contributed by atoms with Crippen LogP contribution in [0.3, 0.4) is 0 Å². The maximum atomic E-state index is 13.9. The zero-order valence-electron chi connectivity index (χ0n) is 16.3. The van der Waals surface area contributed by atoms with Crippen molar-refractivity contribution in [2.75, 3.05) is 25.5 Å². The monoisotopic (exact) mass is 429 g/mol. The number of anilines is 1. The Bertz CT molecular complexity index is 1040. The predicted molar refractivity (Wildman–Crippen MR) is 110 cm³/mol. The number of carbonyl (C=O) groups excluding carboxylic acids is 2. The predicted octanol–water partition coefficient (Wildman–Crippen LogP) is 4.04. The number of aromatic nitrogens is 1. The van der Waals surface area contributed by atoms with Crippen molar-refractivity contribution in [3.63, 3.8) is 0 Å². The van der Waals surface area contributed by atoms with Gasteiger partial charge in [0.25, 0.3) is 5.91 Å². The summed E-state index contributed by atoms with van der Waals surface area (Å²) in [6.45, 7) is 0.984. The number of hydrogen-bond donors (Lipinski definition) is 1. The third-order valence-electron chi connectivity index (χ3n) is 5.07. The standard InChI is InChI=1S/C21H20FN3O4S/c1-28-17-5-4-14(11-15(17)22)16-12-30-21(23-16)24-19(26)13-6-8-25(9-7-13)20(27)18-3-2-10-29-18/h2-5,10-13H,6-9H2,1H3,(H,23,24,26). The van der Waals surface area contributed by atoms with Crippen LogP contribution in [0.15, 0.2) is 46.4 Å². The second kappa shape index (κ2) is 8.66. The summed E-state index contributed by atoms with van der Waals surface area (Å²) in [5, 5.41) is 5.06. The van der Waals surface area contributed by atoms with Gasteiger partial charge in [0.15, 0.2) is 22.5 Å². The molecule has 0 radical (unpaired) electrons. The average molecular weight is 429 g/mol. The van der Waals surface area contributed by atoms with Crippen LogP contribution >= 0.6 is 11.3 Å². The van der Waals surface area contributed by atoms with Crippen LogP contribution in [0.5, 0.6) is 5.75 Å². The van der Waals surface area contributed by atoms with Gasteiger partial charge in [0, 0.05) is 30.0 Å². The highest BCUT2D eigenvalue weighted by Gasteiger charge is 2.29. The van der Waals surface area contributed by atoms with E-state index in [0.717, 1.165) is 0 Å². The molecule has 156 valence electrons. The average Bonchev–Trinajstić information content (AvgIpc) is 3.46. The van der Waals surface area contributed by atoms with E-state index in [-0.39, 0.29) is 23.5 Å². The Morgan fingerprint density at radius 1 is 1.30 bits per heavy atom. The van der Waals surface area contributed by atoms with E-state index in [4.69, 9.17) is 9.15 Å². The quantitative estimate of drug-likeness (QED) is 0.662. The second-order valence-electron chi connectivity index (χ2n) is 6.92. The molecular formula is C21H20FN3O4S. The number of likely N-dealkylation sites (tertiary alicyclic amines) is 1. The van der Waals surface area contributed by atoms with Crippen LogP contribution in [-0.4, -0.2) is 41.9 Å². The molecule has 1 aromatic carbocycles. The minimum absolute atomic E-state index is 0.123. The molecule has 0 bridgehead atoms. The van der Waals surface area contributed by atoms with Gasteiger partial charge in [-0.15, -0.1) is 11.3 Å². The van der Waals surface area contributed by atoms with Gasteiger partial charge in [-0.1, -0.05) is 0 Å². The van der Waals surface area contributed by atoms with Gasteiger partial charge in [-0.3, -0.25) is 9.59 Å². The summed E-state index contributed by atoms with van der Waals surface area (Å²) in [5.74, 6) is -0.472. The summed E-state index contributed by atoms with van der Waals surface area (Å²) >= 11 is 1.28. The fourth-order valence-corrected chi connectivity index (χ4v) is 4.12. The Morgan fingerprint density at radius 3 is 2.77 bits per heavy atom. The Kier molecular flexibility index (Phi) is 5.80. The Morgan fingerprint density at radius 2 is 2.10 bits per heavy atom. The number of nitrogens with one attached hydrogen (secondary N) is 1. The molecule has 7 nitrogen and oxygen atoms in total. The first-order chi connectivity index (χ1) is 14.5. The van der Waals surface area contributed by atoms with Crippen molar-refractivity contribution in [1.29, 1.82) is 0 Å². The van der Waals surface area contributed by atoms with Crippen molar-refractivity contribution in [3.8, 4) is 17.0 Å². The fourth-order valence-electron chi connectivity index (χ4n) is 3.40. The molecule has 2 amide bonds. The topological polar surface area (TPSA) is 84.7 Å². The SMILES string of the molecule is COc1ccc(-c2csc(NC(=O)C3CCN(C(=O)c4ccco4)CC3)n2)cc1F. The molecular weight excluding hydrogens is 409 g/mol. The van der Waals surface area contributed by atoms with E-state index < -0.39 is 5.82 Å². The molecule has 1 fully saturated rings. The summed E-state index contributed by atoms with van der Waals surface area (Å²) in [5.41, 5.74) is 1.19. The lowest BCUT2D eigenvalue weighted by atomic mass is 9.96. The molecule has 1 aliphatic rings. The van der Waals surface area contributed by atoms with E-state index in [1.807, 2.05) is 0 Å². The second-order valence-corrected chi connectivity index (χ2v) is 7.78. The molecule has 3 aromatic rings. The summed E-state index contributed by atoms with van der Waals surface area (Å²) in [7, 11) is 1.41. The first-order valence-electron chi connectivity index (χ1n) is 9.48. The van der Waals surface area contributed by atoms with Gasteiger partial charge in [-0.05, 0) is 43.2 Å². The third-order valence-corrected chi connectivity index (χ3v) is 5.82. The van der Waals surface area contributed by atoms with E-state index >= 15 is 0 Å². The molecule has 1 aliphatic heterocycles. The van der Waals surface area contributed by atoms with Gasteiger partial charge in [0.2, 0.25) is 5.91 Å². The van der Waals surface area contributed by atoms with Gasteiger partial charge in [0.05, 0.1) is 19.1 Å². The number of hydrogen-bond acceptors (Lipinski definition) is 6. The minimum atomic E-state index is -0.468. The van der Waals surface area contributed by atoms with Crippen molar-refractivity contribution in [2.45, 2.75) is 12.8 Å². The molecule has 0 unspecified atom stereocenters. The van der Waals surface area contributed by atoms with Crippen molar-refractivity contribution in [3.05, 3.63) is 53.6 Å². The number of piperidine rings is 1. The number of thiazole rings is 1. The number of ether oxygens (including phenoxy) is 1. The summed E-state index contributed by atoms with van der Waals surface area (Å²) in [4.78, 5) is 31.0. The number of amides is 2. The summed E-state index contributed by atoms with van der Waals surface area (Å²) in [6, 6.07) is 7.92. The van der Waals surface area contributed by atoms with Gasteiger partial charge >= 0.3 is 0 Å². The number of nitrogens with zero attached hydrogens (tertiary/aromatic N) is 2. The largest absolute Gasteiger partial charge is 0.494 e. The lowest BCUT2D eigenvalue weighted by Crippen LogP contribution is -2.41.